The van der Waals surface area contributed by atoms with Gasteiger partial charge in [-0.15, -0.1) is 0 Å². The molecule has 0 saturated heterocycles. The van der Waals surface area contributed by atoms with E-state index in [0.29, 0.717) is 0 Å². The fourth-order valence-electron chi connectivity index (χ4n) is 0. The van der Waals surface area contributed by atoms with E-state index in [1.54, 1.807) is 0 Å². The molecule has 0 atom stereocenters. The average Bonchev–Trinajstić information content (AvgIpc) is 1.38. The van der Waals surface area contributed by atoms with Gasteiger partial charge >= 0.3 is 22.4 Å². The van der Waals surface area contributed by atoms with Crippen LogP contribution in [-0.2, 0) is 27.2 Å². The molecule has 0 fully saturated rings. The molecule has 0 saturated carbocycles. The van der Waals surface area contributed by atoms with E-state index < -0.39 is 5.97 Å². The van der Waals surface area contributed by atoms with Crippen LogP contribution >= 0.6 is 15.9 Å². The molecule has 0 unspecified atom stereocenters. The standard InChI is InChI=1S/C2H3BrO2.Ag/c3-1-2(4)5;/h1H2,(H,4,5);/q;+1/p-1. The Hall–Kier alpha value is 0.690. The van der Waals surface area contributed by atoms with Gasteiger partial charge in [0.05, 0.1) is 5.97 Å². The molecule has 0 aromatic heterocycles. The van der Waals surface area contributed by atoms with Crippen molar-refractivity contribution >= 4 is 21.9 Å². The molecule has 4 heteroatoms. The van der Waals surface area contributed by atoms with Gasteiger partial charge in [-0.3, -0.25) is 0 Å². The van der Waals surface area contributed by atoms with Crippen LogP contribution in [-0.4, -0.2) is 11.3 Å². The van der Waals surface area contributed by atoms with Crippen molar-refractivity contribution in [3.05, 3.63) is 0 Å². The number of carbonyl (C=O) groups is 1. The van der Waals surface area contributed by atoms with Gasteiger partial charge in [-0.2, -0.15) is 0 Å². The summed E-state index contributed by atoms with van der Waals surface area (Å²) in [5, 5.41) is 9.13. The van der Waals surface area contributed by atoms with Gasteiger partial charge in [-0.1, -0.05) is 15.9 Å². The van der Waals surface area contributed by atoms with Crippen LogP contribution in [0, 0.1) is 0 Å². The van der Waals surface area contributed by atoms with E-state index in [0.717, 1.165) is 0 Å². The molecule has 0 radical (unpaired) electrons. The average molecular weight is 246 g/mol. The van der Waals surface area contributed by atoms with Crippen LogP contribution in [0.25, 0.3) is 0 Å². The monoisotopic (exact) mass is 244 g/mol. The smallest absolute Gasteiger partial charge is 0.549 e. The predicted octanol–water partition coefficient (Wildman–Crippen LogP) is -0.871. The fourth-order valence-corrected chi connectivity index (χ4v) is 0. The Kier molecular flexibility index (Phi) is 9.34. The molecule has 6 heavy (non-hydrogen) atoms. The SMILES string of the molecule is O=C([O-])CBr.[Ag+]. The number of hydrogen-bond acceptors (Lipinski definition) is 2. The maximum Gasteiger partial charge on any atom is 1.00 e. The van der Waals surface area contributed by atoms with E-state index in [2.05, 4.69) is 15.9 Å². The van der Waals surface area contributed by atoms with Crippen LogP contribution in [0.1, 0.15) is 0 Å². The molecular formula is C2H2AgBrO2. The molecule has 0 aliphatic rings. The summed E-state index contributed by atoms with van der Waals surface area (Å²) in [6.45, 7) is 0. The molecule has 0 amide bonds. The van der Waals surface area contributed by atoms with Crippen molar-refractivity contribution in [2.24, 2.45) is 0 Å². The number of hydrogen-bond donors (Lipinski definition) is 0. The number of aliphatic carboxylic acids is 1. The second kappa shape index (κ2) is 5.69. The Morgan fingerprint density at radius 3 is 2.00 bits per heavy atom. The minimum Gasteiger partial charge on any atom is -0.549 e. The molecule has 0 aromatic carbocycles. The molecule has 40 valence electrons. The number of alkyl halides is 1. The first kappa shape index (κ1) is 9.85. The van der Waals surface area contributed by atoms with E-state index in [1.165, 1.54) is 0 Å². The van der Waals surface area contributed by atoms with Crippen LogP contribution < -0.4 is 5.11 Å². The molecule has 0 bridgehead atoms. The largest absolute Gasteiger partial charge is 1.00 e. The van der Waals surface area contributed by atoms with Crippen LogP contribution in [0.2, 0.25) is 0 Å². The zero-order valence-electron chi connectivity index (χ0n) is 2.70. The Morgan fingerprint density at radius 2 is 2.00 bits per heavy atom. The summed E-state index contributed by atoms with van der Waals surface area (Å²) in [6, 6.07) is 0. The first-order valence-corrected chi connectivity index (χ1v) is 2.15. The maximum absolute atomic E-state index is 9.21. The van der Waals surface area contributed by atoms with Gasteiger partial charge in [0.1, 0.15) is 0 Å². The fraction of sp³-hybridized carbons (Fsp3) is 0.500. The van der Waals surface area contributed by atoms with Crippen molar-refractivity contribution in [3.63, 3.8) is 0 Å². The molecule has 0 N–H and O–H groups in total. The van der Waals surface area contributed by atoms with E-state index in [-0.39, 0.29) is 27.7 Å². The van der Waals surface area contributed by atoms with E-state index >= 15 is 0 Å². The first-order valence-electron chi connectivity index (χ1n) is 1.03. The Labute approximate surface area is 59.6 Å². The summed E-state index contributed by atoms with van der Waals surface area (Å²) in [5.74, 6) is -1.08. The van der Waals surface area contributed by atoms with Gasteiger partial charge in [0.15, 0.2) is 0 Å². The van der Waals surface area contributed by atoms with Gasteiger partial charge < -0.3 is 9.90 Å². The third kappa shape index (κ3) is 8.83. The minimum atomic E-state index is -1.08. The second-order valence-electron chi connectivity index (χ2n) is 0.506. The zero-order valence-corrected chi connectivity index (χ0v) is 5.77. The van der Waals surface area contributed by atoms with Gasteiger partial charge in [-0.25, -0.2) is 0 Å². The summed E-state index contributed by atoms with van der Waals surface area (Å²) in [6.07, 6.45) is 0. The summed E-state index contributed by atoms with van der Waals surface area (Å²) in [7, 11) is 0. The second-order valence-corrected chi connectivity index (χ2v) is 1.07. The molecule has 0 spiro atoms. The Bertz CT molecular complexity index is 46.8. The van der Waals surface area contributed by atoms with Crippen LogP contribution in [0.15, 0.2) is 0 Å². The summed E-state index contributed by atoms with van der Waals surface area (Å²) in [5.41, 5.74) is 0. The normalized spacial score (nSPS) is 6.17. The topological polar surface area (TPSA) is 40.1 Å². The summed E-state index contributed by atoms with van der Waals surface area (Å²) < 4.78 is 0. The molecule has 0 aromatic rings. The Morgan fingerprint density at radius 1 is 1.83 bits per heavy atom. The van der Waals surface area contributed by atoms with E-state index in [1.807, 2.05) is 0 Å². The van der Waals surface area contributed by atoms with E-state index in [9.17, 15) is 9.90 Å². The van der Waals surface area contributed by atoms with Gasteiger partial charge in [0, 0.05) is 5.33 Å². The van der Waals surface area contributed by atoms with Crippen LogP contribution in [0.5, 0.6) is 0 Å². The van der Waals surface area contributed by atoms with Crippen molar-refractivity contribution < 1.29 is 32.3 Å². The molecule has 2 nitrogen and oxygen atoms in total. The van der Waals surface area contributed by atoms with Gasteiger partial charge in [0.25, 0.3) is 0 Å². The molecular weight excluding hydrogens is 244 g/mol. The maximum atomic E-state index is 9.21. The van der Waals surface area contributed by atoms with Crippen LogP contribution in [0.3, 0.4) is 0 Å². The molecule has 0 aliphatic carbocycles. The Balaban J connectivity index is 0. The van der Waals surface area contributed by atoms with Crippen molar-refractivity contribution in [3.8, 4) is 0 Å². The molecule has 0 rings (SSSR count). The van der Waals surface area contributed by atoms with Gasteiger partial charge in [-0.05, 0) is 0 Å². The van der Waals surface area contributed by atoms with Crippen LogP contribution in [0.4, 0.5) is 0 Å². The third-order valence-corrected chi connectivity index (χ3v) is 0.567. The first-order chi connectivity index (χ1) is 2.27. The molecule has 0 heterocycles. The number of carboxylic acid groups (broad SMARTS) is 1. The van der Waals surface area contributed by atoms with Crippen molar-refractivity contribution in [2.45, 2.75) is 0 Å². The van der Waals surface area contributed by atoms with Crippen molar-refractivity contribution in [2.75, 3.05) is 5.33 Å². The summed E-state index contributed by atoms with van der Waals surface area (Å²) in [4.78, 5) is 9.21. The molecule has 0 aliphatic heterocycles. The quantitative estimate of drug-likeness (QED) is 0.445. The van der Waals surface area contributed by atoms with Crippen molar-refractivity contribution in [1.82, 2.24) is 0 Å². The van der Waals surface area contributed by atoms with Crippen molar-refractivity contribution in [1.29, 1.82) is 0 Å². The van der Waals surface area contributed by atoms with Gasteiger partial charge in [0.2, 0.25) is 0 Å². The number of rotatable bonds is 1. The minimum absolute atomic E-state index is 0. The number of halogens is 1. The number of carbonyl (C=O) groups excluding carboxylic acids is 1. The number of carboxylic acids is 1. The summed E-state index contributed by atoms with van der Waals surface area (Å²) >= 11 is 2.65. The van der Waals surface area contributed by atoms with E-state index in [4.69, 9.17) is 0 Å². The predicted molar refractivity (Wildman–Crippen MR) is 18.8 cm³/mol. The zero-order chi connectivity index (χ0) is 4.28. The third-order valence-electron chi connectivity index (χ3n) is 0.109.